The number of benzene rings is 7. The molecule has 8 nitrogen and oxygen atoms in total. The van der Waals surface area contributed by atoms with Crippen molar-refractivity contribution in [2.75, 3.05) is 0 Å². The number of aryl methyl sites for hydroxylation is 4. The normalized spacial score (nSPS) is 16.7. The lowest BCUT2D eigenvalue weighted by atomic mass is 9.65. The van der Waals surface area contributed by atoms with Crippen LogP contribution in [0.2, 0.25) is 0 Å². The molecule has 14 heteroatoms. The number of sulfone groups is 2. The molecule has 0 unspecified atom stereocenters. The van der Waals surface area contributed by atoms with E-state index in [0.29, 0.717) is 52.9 Å². The molecule has 2 aliphatic heterocycles. The summed E-state index contributed by atoms with van der Waals surface area (Å²) in [5.41, 5.74) is 3.16. The van der Waals surface area contributed by atoms with Gasteiger partial charge in [-0.3, -0.25) is 0 Å². The van der Waals surface area contributed by atoms with Crippen LogP contribution in [0.25, 0.3) is 44.2 Å². The van der Waals surface area contributed by atoms with E-state index >= 15 is 8.78 Å². The number of rotatable bonds is 6. The van der Waals surface area contributed by atoms with Crippen LogP contribution in [-0.2, 0) is 30.5 Å². The van der Waals surface area contributed by atoms with Crippen molar-refractivity contribution in [1.29, 1.82) is 21.0 Å². The van der Waals surface area contributed by atoms with E-state index in [9.17, 15) is 37.9 Å². The molecule has 0 fully saturated rings. The van der Waals surface area contributed by atoms with E-state index in [1.807, 2.05) is 149 Å². The summed E-state index contributed by atoms with van der Waals surface area (Å²) in [6.07, 6.45) is 2.85. The monoisotopic (exact) mass is 1140 g/mol. The Hall–Kier alpha value is -9.38. The largest absolute Gasteiger partial charge is 0.218 e. The number of nitrogens with zero attached hydrogens (tertiary/aromatic N) is 4. The third kappa shape index (κ3) is 7.03. The smallest absolute Gasteiger partial charge is 0.207 e. The summed E-state index contributed by atoms with van der Waals surface area (Å²) >= 11 is 2.16. The van der Waals surface area contributed by atoms with E-state index in [1.165, 1.54) is 24.3 Å². The van der Waals surface area contributed by atoms with Crippen LogP contribution in [0.1, 0.15) is 87.6 Å². The minimum atomic E-state index is -4.32. The third-order valence-corrected chi connectivity index (χ3v) is 22.2. The van der Waals surface area contributed by atoms with Gasteiger partial charge in [0, 0.05) is 64.0 Å². The Bertz CT molecular complexity index is 4480. The van der Waals surface area contributed by atoms with Gasteiger partial charge in [-0.25, -0.2) is 25.6 Å². The van der Waals surface area contributed by atoms with Gasteiger partial charge in [0.25, 0.3) is 0 Å². The van der Waals surface area contributed by atoms with Gasteiger partial charge < -0.3 is 0 Å². The maximum Gasteiger partial charge on any atom is 0.207 e. The fourth-order valence-electron chi connectivity index (χ4n) is 12.7. The van der Waals surface area contributed by atoms with Gasteiger partial charge in [-0.2, -0.15) is 21.0 Å². The van der Waals surface area contributed by atoms with Crippen molar-refractivity contribution in [3.05, 3.63) is 278 Å². The fraction of sp³-hybridized carbons (Fsp3) is 0.0882. The average Bonchev–Trinajstić information content (AvgIpc) is 1.57. The maximum atomic E-state index is 20.1. The number of nitriles is 4. The van der Waals surface area contributed by atoms with E-state index in [0.717, 1.165) is 44.9 Å². The van der Waals surface area contributed by atoms with Crippen LogP contribution < -0.4 is 0 Å². The maximum absolute atomic E-state index is 20.1. The number of fused-ring (bicyclic) bond motifs is 8. The zero-order valence-electron chi connectivity index (χ0n) is 44.0. The minimum Gasteiger partial charge on any atom is -0.218 e. The van der Waals surface area contributed by atoms with E-state index in [1.54, 1.807) is 48.5 Å². The van der Waals surface area contributed by atoms with Crippen molar-refractivity contribution in [3.63, 3.8) is 0 Å². The predicted molar refractivity (Wildman–Crippen MR) is 315 cm³/mol. The van der Waals surface area contributed by atoms with Crippen LogP contribution in [-0.4, -0.2) is 16.8 Å². The summed E-state index contributed by atoms with van der Waals surface area (Å²) in [5.74, 6) is -1.47. The molecule has 7 aromatic carbocycles. The van der Waals surface area contributed by atoms with Crippen LogP contribution >= 0.6 is 22.7 Å². The molecular weight excluding hydrogens is 1100 g/mol. The van der Waals surface area contributed by atoms with E-state index < -0.39 is 53.3 Å². The summed E-state index contributed by atoms with van der Waals surface area (Å²) in [5, 5.41) is 41.0. The molecule has 2 aliphatic carbocycles. The highest BCUT2D eigenvalue weighted by Gasteiger charge is 2.58. The van der Waals surface area contributed by atoms with Crippen molar-refractivity contribution in [2.24, 2.45) is 0 Å². The predicted octanol–water partition coefficient (Wildman–Crippen LogP) is 15.3. The molecule has 4 aliphatic rings. The molecule has 0 saturated carbocycles. The molecule has 82 heavy (non-hydrogen) atoms. The molecule has 0 radical (unpaired) electrons. The number of thiophene rings is 2. The van der Waals surface area contributed by atoms with Crippen molar-refractivity contribution in [3.8, 4) is 45.2 Å². The molecule has 9 aromatic rings. The van der Waals surface area contributed by atoms with Gasteiger partial charge >= 0.3 is 0 Å². The Morgan fingerprint density at radius 1 is 0.451 bits per heavy atom. The highest BCUT2D eigenvalue weighted by molar-refractivity contribution is 7.97. The summed E-state index contributed by atoms with van der Waals surface area (Å²) in [6, 6.07) is 53.9. The van der Waals surface area contributed by atoms with E-state index in [4.69, 9.17) is 0 Å². The molecule has 0 spiro atoms. The Balaban J connectivity index is 1.18. The molecule has 0 N–H and O–H groups in total. The quantitative estimate of drug-likeness (QED) is 0.149. The van der Waals surface area contributed by atoms with Crippen LogP contribution in [0.4, 0.5) is 8.78 Å². The van der Waals surface area contributed by atoms with Crippen molar-refractivity contribution < 1.29 is 25.6 Å². The molecule has 394 valence electrons. The van der Waals surface area contributed by atoms with Gasteiger partial charge in [-0.05, 0) is 97.5 Å². The molecule has 0 saturated heterocycles. The van der Waals surface area contributed by atoms with E-state index in [-0.39, 0.29) is 64.1 Å². The molecule has 0 atom stereocenters. The topological polar surface area (TPSA) is 163 Å². The zero-order valence-corrected chi connectivity index (χ0v) is 47.2. The highest BCUT2D eigenvalue weighted by atomic mass is 32.2. The summed E-state index contributed by atoms with van der Waals surface area (Å²) < 4.78 is 98.7. The number of hydrogen-bond acceptors (Lipinski definition) is 10. The van der Waals surface area contributed by atoms with Crippen LogP contribution in [0.3, 0.4) is 0 Å². The minimum absolute atomic E-state index is 0.0178. The second-order valence-corrected chi connectivity index (χ2v) is 26.8. The zero-order chi connectivity index (χ0) is 57.4. The molecule has 0 bridgehead atoms. The second-order valence-electron chi connectivity index (χ2n) is 20.8. The lowest BCUT2D eigenvalue weighted by molar-refractivity contribution is 0.558. The van der Waals surface area contributed by atoms with Crippen LogP contribution in [0.5, 0.6) is 0 Å². The van der Waals surface area contributed by atoms with Crippen molar-refractivity contribution in [2.45, 2.75) is 48.3 Å². The highest BCUT2D eigenvalue weighted by Crippen LogP contribution is 2.67. The van der Waals surface area contributed by atoms with Crippen LogP contribution in [0, 0.1) is 84.7 Å². The van der Waals surface area contributed by atoms with Crippen molar-refractivity contribution in [1.82, 2.24) is 0 Å². The van der Waals surface area contributed by atoms with Gasteiger partial charge in [-0.15, -0.1) is 22.7 Å². The first-order valence-corrected chi connectivity index (χ1v) is 30.4. The van der Waals surface area contributed by atoms with Crippen LogP contribution in [0.15, 0.2) is 188 Å². The summed E-state index contributed by atoms with van der Waals surface area (Å²) in [6.45, 7) is 7.71. The Labute approximate surface area is 480 Å². The molecule has 4 heterocycles. The average molecular weight is 1140 g/mol. The van der Waals surface area contributed by atoms with Crippen molar-refractivity contribution >= 4 is 65.6 Å². The van der Waals surface area contributed by atoms with E-state index in [2.05, 4.69) is 0 Å². The third-order valence-electron chi connectivity index (χ3n) is 16.3. The Kier molecular flexibility index (Phi) is 11.8. The second kappa shape index (κ2) is 18.6. The Morgan fingerprint density at radius 2 is 0.744 bits per heavy atom. The van der Waals surface area contributed by atoms with Gasteiger partial charge in [0.2, 0.25) is 19.7 Å². The first-order valence-electron chi connectivity index (χ1n) is 25.8. The standard InChI is InChI=1S/C68H40F2N4O4S4/c1-37-13-21-43(22-14-37)67(44-23-15-38(2)16-24-44)51-29-47(31-55-57(41(33-71)34-72)49-9-5-7-11-53(49)81(55,75)76)79-65(51)59-61(67)63(69)60-62(64(59)70)68(45-25-17-39(3)18-26-45,46-27-19-40(4)20-28-46)52-30-48(80-66(52)60)32-56-58(42(35-73)36-74)50-10-6-8-12-54(50)82(56,77)78/h5-32H,1-4H3/b55-31-,56-32-. The first kappa shape index (κ1) is 52.0. The van der Waals surface area contributed by atoms with Gasteiger partial charge in [-0.1, -0.05) is 156 Å². The Morgan fingerprint density at radius 3 is 1.04 bits per heavy atom. The summed E-state index contributed by atoms with van der Waals surface area (Å²) in [7, 11) is -8.64. The molecule has 0 amide bonds. The van der Waals surface area contributed by atoms with Gasteiger partial charge in [0.1, 0.15) is 47.1 Å². The number of hydrogen-bond donors (Lipinski definition) is 0. The lowest BCUT2D eigenvalue weighted by Gasteiger charge is -2.36. The molecular formula is C68H40F2N4O4S4. The first-order chi connectivity index (χ1) is 39.5. The van der Waals surface area contributed by atoms with Gasteiger partial charge in [0.15, 0.2) is 0 Å². The fourth-order valence-corrected chi connectivity index (χ4v) is 18.7. The number of halogens is 2. The molecule has 13 rings (SSSR count). The SMILES string of the molecule is Cc1ccc(C2(c3ccc(C)cc3)c3cc(/C=C4/C(=C(C#N)C#N)c5ccccc5S4(=O)=O)sc3-c3c(F)c4c(c(F)c32)-c2sc(/C=C3/C(=C(C#N)C#N)c5ccccc5S3(=O)=O)cc2C4(c2ccc(C)cc2)c2ccc(C)cc2)cc1. The van der Waals surface area contributed by atoms with Gasteiger partial charge in [0.05, 0.1) is 30.4 Å². The lowest BCUT2D eigenvalue weighted by Crippen LogP contribution is -2.32. The number of allylic oxidation sites excluding steroid dienone is 4. The summed E-state index contributed by atoms with van der Waals surface area (Å²) in [4.78, 5) is 0.666. The molecule has 2 aromatic heterocycles.